The van der Waals surface area contributed by atoms with E-state index in [1.807, 2.05) is 13.8 Å². The van der Waals surface area contributed by atoms with Gasteiger partial charge in [-0.05, 0) is 19.3 Å². The van der Waals surface area contributed by atoms with Gasteiger partial charge in [-0.15, -0.1) is 0 Å². The number of Topliss-reactive ketones (excluding diaryl/α,β-unsaturated/α-hetero) is 1. The summed E-state index contributed by atoms with van der Waals surface area (Å²) in [7, 11) is 0. The fraction of sp³-hybridized carbons (Fsp3) is 0.909. The van der Waals surface area contributed by atoms with Crippen molar-refractivity contribution in [2.75, 3.05) is 0 Å². The van der Waals surface area contributed by atoms with Crippen LogP contribution in [0.15, 0.2) is 0 Å². The van der Waals surface area contributed by atoms with Gasteiger partial charge in [0.2, 0.25) is 0 Å². The lowest BCUT2D eigenvalue weighted by Crippen LogP contribution is -2.06. The first-order chi connectivity index (χ1) is 6.06. The zero-order chi connectivity index (χ0) is 10.3. The summed E-state index contributed by atoms with van der Waals surface area (Å²) in [5.74, 6) is 0.829. The van der Waals surface area contributed by atoms with Crippen LogP contribution in [0, 0.1) is 5.92 Å². The molecule has 0 radical (unpaired) electrons. The molecule has 2 nitrogen and oxygen atoms in total. The minimum atomic E-state index is -0.200. The number of ketones is 1. The lowest BCUT2D eigenvalue weighted by atomic mass is 9.96. The van der Waals surface area contributed by atoms with E-state index in [2.05, 4.69) is 6.92 Å². The van der Waals surface area contributed by atoms with Crippen LogP contribution >= 0.6 is 0 Å². The van der Waals surface area contributed by atoms with Crippen molar-refractivity contribution in [3.63, 3.8) is 0 Å². The van der Waals surface area contributed by atoms with Crippen molar-refractivity contribution < 1.29 is 9.90 Å². The number of aliphatic hydroxyl groups is 1. The molecule has 2 atom stereocenters. The Morgan fingerprint density at radius 1 is 1.31 bits per heavy atom. The van der Waals surface area contributed by atoms with Gasteiger partial charge in [-0.2, -0.15) is 0 Å². The van der Waals surface area contributed by atoms with Crippen molar-refractivity contribution in [2.24, 2.45) is 5.92 Å². The first kappa shape index (κ1) is 12.6. The highest BCUT2D eigenvalue weighted by molar-refractivity contribution is 5.78. The van der Waals surface area contributed by atoms with Gasteiger partial charge >= 0.3 is 0 Å². The molecule has 0 aliphatic carbocycles. The van der Waals surface area contributed by atoms with Crippen molar-refractivity contribution in [1.29, 1.82) is 0 Å². The van der Waals surface area contributed by atoms with Gasteiger partial charge in [-0.1, -0.05) is 26.7 Å². The van der Waals surface area contributed by atoms with E-state index >= 15 is 0 Å². The largest absolute Gasteiger partial charge is 0.393 e. The smallest absolute Gasteiger partial charge is 0.132 e. The standard InChI is InChI=1S/C11H22O2/c1-4-11(13)8-9(2)6-5-7-10(3)12/h9-10,12H,4-8H2,1-3H3. The predicted octanol–water partition coefficient (Wildman–Crippen LogP) is 2.54. The number of carbonyl (C=O) groups is 1. The zero-order valence-corrected chi connectivity index (χ0v) is 9.05. The Bertz CT molecular complexity index is 141. The average Bonchev–Trinajstić information content (AvgIpc) is 2.03. The van der Waals surface area contributed by atoms with Gasteiger partial charge in [-0.25, -0.2) is 0 Å². The molecule has 0 heterocycles. The molecule has 0 aromatic heterocycles. The molecule has 0 spiro atoms. The second kappa shape index (κ2) is 7.07. The fourth-order valence-corrected chi connectivity index (χ4v) is 1.40. The van der Waals surface area contributed by atoms with Crippen molar-refractivity contribution >= 4 is 5.78 Å². The van der Waals surface area contributed by atoms with Crippen molar-refractivity contribution in [3.05, 3.63) is 0 Å². The number of aliphatic hydroxyl groups excluding tert-OH is 1. The van der Waals surface area contributed by atoms with E-state index in [9.17, 15) is 4.79 Å². The number of rotatable bonds is 7. The van der Waals surface area contributed by atoms with Crippen molar-refractivity contribution in [3.8, 4) is 0 Å². The minimum Gasteiger partial charge on any atom is -0.393 e. The van der Waals surface area contributed by atoms with Crippen LogP contribution in [0.5, 0.6) is 0 Å². The summed E-state index contributed by atoms with van der Waals surface area (Å²) < 4.78 is 0. The lowest BCUT2D eigenvalue weighted by molar-refractivity contribution is -0.119. The molecule has 2 heteroatoms. The van der Waals surface area contributed by atoms with Crippen LogP contribution in [-0.4, -0.2) is 17.0 Å². The van der Waals surface area contributed by atoms with Crippen molar-refractivity contribution in [2.45, 2.75) is 59.0 Å². The molecule has 0 aliphatic heterocycles. The van der Waals surface area contributed by atoms with Crippen LogP contribution in [0.25, 0.3) is 0 Å². The fourth-order valence-electron chi connectivity index (χ4n) is 1.40. The normalized spacial score (nSPS) is 15.4. The maximum absolute atomic E-state index is 11.1. The SMILES string of the molecule is CCC(=O)CC(C)CCCC(C)O. The molecule has 0 aromatic rings. The third kappa shape index (κ3) is 7.97. The molecule has 1 N–H and O–H groups in total. The Kier molecular flexibility index (Phi) is 6.87. The lowest BCUT2D eigenvalue weighted by Gasteiger charge is -2.10. The van der Waals surface area contributed by atoms with E-state index < -0.39 is 0 Å². The van der Waals surface area contributed by atoms with E-state index in [1.54, 1.807) is 0 Å². The predicted molar refractivity (Wildman–Crippen MR) is 54.6 cm³/mol. The van der Waals surface area contributed by atoms with Gasteiger partial charge in [0, 0.05) is 12.8 Å². The summed E-state index contributed by atoms with van der Waals surface area (Å²) in [6, 6.07) is 0. The van der Waals surface area contributed by atoms with E-state index in [4.69, 9.17) is 5.11 Å². The highest BCUT2D eigenvalue weighted by Gasteiger charge is 2.07. The molecule has 0 aliphatic rings. The summed E-state index contributed by atoms with van der Waals surface area (Å²) >= 11 is 0. The first-order valence-electron chi connectivity index (χ1n) is 5.26. The van der Waals surface area contributed by atoms with Crippen LogP contribution in [0.1, 0.15) is 52.9 Å². The van der Waals surface area contributed by atoms with E-state index in [0.29, 0.717) is 24.5 Å². The monoisotopic (exact) mass is 186 g/mol. The first-order valence-corrected chi connectivity index (χ1v) is 5.26. The maximum Gasteiger partial charge on any atom is 0.132 e. The topological polar surface area (TPSA) is 37.3 Å². The Morgan fingerprint density at radius 3 is 2.38 bits per heavy atom. The average molecular weight is 186 g/mol. The van der Waals surface area contributed by atoms with Gasteiger partial charge in [0.25, 0.3) is 0 Å². The molecule has 0 rings (SSSR count). The molecular formula is C11H22O2. The third-order valence-electron chi connectivity index (χ3n) is 2.29. The molecule has 0 fully saturated rings. The van der Waals surface area contributed by atoms with Gasteiger partial charge in [0.1, 0.15) is 5.78 Å². The summed E-state index contributed by atoms with van der Waals surface area (Å²) in [5.41, 5.74) is 0. The Labute approximate surface area is 81.3 Å². The van der Waals surface area contributed by atoms with E-state index in [-0.39, 0.29) is 6.10 Å². The van der Waals surface area contributed by atoms with Crippen LogP contribution < -0.4 is 0 Å². The summed E-state index contributed by atoms with van der Waals surface area (Å²) in [6.45, 7) is 5.82. The Balaban J connectivity index is 3.40. The summed E-state index contributed by atoms with van der Waals surface area (Å²) in [6.07, 6.45) is 4.09. The number of hydrogen-bond donors (Lipinski definition) is 1. The molecule has 78 valence electrons. The van der Waals surface area contributed by atoms with Crippen LogP contribution in [0.4, 0.5) is 0 Å². The van der Waals surface area contributed by atoms with Crippen molar-refractivity contribution in [1.82, 2.24) is 0 Å². The molecule has 0 aromatic carbocycles. The second-order valence-corrected chi connectivity index (χ2v) is 3.98. The number of carbonyl (C=O) groups excluding carboxylic acids is 1. The molecule has 2 unspecified atom stereocenters. The maximum atomic E-state index is 11.1. The number of hydrogen-bond acceptors (Lipinski definition) is 2. The van der Waals surface area contributed by atoms with Gasteiger partial charge in [0.15, 0.2) is 0 Å². The summed E-state index contributed by atoms with van der Waals surface area (Å²) in [5, 5.41) is 9.03. The molecule has 0 amide bonds. The molecule has 0 saturated carbocycles. The molecule has 0 saturated heterocycles. The van der Waals surface area contributed by atoms with Gasteiger partial charge in [0.05, 0.1) is 6.10 Å². The van der Waals surface area contributed by atoms with Crippen LogP contribution in [0.3, 0.4) is 0 Å². The highest BCUT2D eigenvalue weighted by atomic mass is 16.3. The highest BCUT2D eigenvalue weighted by Crippen LogP contribution is 2.14. The molecular weight excluding hydrogens is 164 g/mol. The Hall–Kier alpha value is -0.370. The van der Waals surface area contributed by atoms with Gasteiger partial charge in [-0.3, -0.25) is 4.79 Å². The molecule has 13 heavy (non-hydrogen) atoms. The van der Waals surface area contributed by atoms with E-state index in [0.717, 1.165) is 19.3 Å². The minimum absolute atomic E-state index is 0.200. The van der Waals surface area contributed by atoms with Crippen LogP contribution in [0.2, 0.25) is 0 Å². The van der Waals surface area contributed by atoms with Crippen LogP contribution in [-0.2, 0) is 4.79 Å². The zero-order valence-electron chi connectivity index (χ0n) is 9.05. The second-order valence-electron chi connectivity index (χ2n) is 3.98. The van der Waals surface area contributed by atoms with Gasteiger partial charge < -0.3 is 5.11 Å². The molecule has 0 bridgehead atoms. The quantitative estimate of drug-likeness (QED) is 0.663. The third-order valence-corrected chi connectivity index (χ3v) is 2.29. The Morgan fingerprint density at radius 2 is 1.92 bits per heavy atom. The van der Waals surface area contributed by atoms with E-state index in [1.165, 1.54) is 0 Å². The summed E-state index contributed by atoms with van der Waals surface area (Å²) in [4.78, 5) is 11.1.